The number of amidine groups is 1. The molecule has 214 valence electrons. The van der Waals surface area contributed by atoms with E-state index in [9.17, 15) is 32.7 Å². The number of hydrogen-bond donors (Lipinski definition) is 5. The third kappa shape index (κ3) is 7.92. The second kappa shape index (κ2) is 13.4. The Hall–Kier alpha value is -3.22. The highest BCUT2D eigenvalue weighted by Gasteiger charge is 2.54. The number of carboxylic acid groups (broad SMARTS) is 2. The number of alkyl halides is 3. The quantitative estimate of drug-likeness (QED) is 0.163. The van der Waals surface area contributed by atoms with Crippen molar-refractivity contribution in [2.75, 3.05) is 5.75 Å². The predicted molar refractivity (Wildman–Crippen MR) is 145 cm³/mol. The zero-order chi connectivity index (χ0) is 29.6. The van der Waals surface area contributed by atoms with Crippen LogP contribution < -0.4 is 11.1 Å². The van der Waals surface area contributed by atoms with E-state index >= 15 is 0 Å². The van der Waals surface area contributed by atoms with Crippen LogP contribution in [-0.2, 0) is 31.4 Å². The van der Waals surface area contributed by atoms with Crippen LogP contribution in [0.2, 0.25) is 0 Å². The molecular weight excluding hydrogens is 616 g/mol. The number of nitrogens with one attached hydrogen (secondary N) is 2. The Balaban J connectivity index is 0.000000559. The standard InChI is InChI=1S/C20H19N5O4S4.C2HF3O2/c21-20(22)31-7-11-19(32-9-23-11)33-12-8-30-17-14(16(27)25(17)15(12)18(28)29)24-13(26)6-10-4-2-1-3-5-10;3-2(4,5)1(6)7/h1-5,9,14,17H,6-8H2,(H3,21,22)(H,24,26)(H,28,29);(H,6,7)/t14-,17-;/m1./s1. The molecule has 3 heterocycles. The van der Waals surface area contributed by atoms with Gasteiger partial charge in [-0.1, -0.05) is 53.9 Å². The van der Waals surface area contributed by atoms with Crippen LogP contribution in [0.15, 0.2) is 50.7 Å². The van der Waals surface area contributed by atoms with Gasteiger partial charge in [-0.25, -0.2) is 14.6 Å². The number of carbonyl (C=O) groups excluding carboxylic acids is 2. The van der Waals surface area contributed by atoms with E-state index in [2.05, 4.69) is 10.3 Å². The number of nitrogens with two attached hydrogens (primary N) is 1. The van der Waals surface area contributed by atoms with E-state index in [1.54, 1.807) is 5.51 Å². The van der Waals surface area contributed by atoms with Crippen LogP contribution in [0.4, 0.5) is 13.2 Å². The largest absolute Gasteiger partial charge is 0.490 e. The fourth-order valence-corrected chi connectivity index (χ4v) is 7.61. The molecule has 0 unspecified atom stereocenters. The van der Waals surface area contributed by atoms with Gasteiger partial charge in [-0.2, -0.15) is 13.2 Å². The van der Waals surface area contributed by atoms with E-state index in [4.69, 9.17) is 21.0 Å². The molecule has 4 rings (SSSR count). The monoisotopic (exact) mass is 635 g/mol. The second-order valence-electron chi connectivity index (χ2n) is 7.84. The van der Waals surface area contributed by atoms with E-state index in [1.807, 2.05) is 30.3 Å². The first-order valence-corrected chi connectivity index (χ1v) is 14.6. The van der Waals surface area contributed by atoms with Crippen LogP contribution >= 0.6 is 46.6 Å². The molecule has 1 fully saturated rings. The van der Waals surface area contributed by atoms with Crippen molar-refractivity contribution in [3.63, 3.8) is 0 Å². The van der Waals surface area contributed by atoms with Crippen LogP contribution in [0.3, 0.4) is 0 Å². The van der Waals surface area contributed by atoms with Crippen LogP contribution in [0.25, 0.3) is 0 Å². The molecule has 2 aliphatic heterocycles. The summed E-state index contributed by atoms with van der Waals surface area (Å²) < 4.78 is 32.5. The van der Waals surface area contributed by atoms with Gasteiger partial charge in [0, 0.05) is 16.4 Å². The number of aromatic nitrogens is 1. The molecule has 0 aliphatic carbocycles. The average molecular weight is 636 g/mol. The number of β-lactam (4-membered cyclic amide) rings is 1. The van der Waals surface area contributed by atoms with Gasteiger partial charge in [-0.3, -0.25) is 19.9 Å². The third-order valence-electron chi connectivity index (χ3n) is 5.09. The van der Waals surface area contributed by atoms with Crippen molar-refractivity contribution in [3.05, 3.63) is 57.7 Å². The lowest BCUT2D eigenvalue weighted by Gasteiger charge is -2.49. The summed E-state index contributed by atoms with van der Waals surface area (Å²) in [5.41, 5.74) is 8.56. The van der Waals surface area contributed by atoms with Crippen LogP contribution in [-0.4, -0.2) is 72.4 Å². The molecule has 1 aromatic heterocycles. The number of halogens is 3. The molecule has 0 radical (unpaired) electrons. The molecular formula is C22H20F3N5O6S4. The van der Waals surface area contributed by atoms with Crippen molar-refractivity contribution in [1.82, 2.24) is 15.2 Å². The summed E-state index contributed by atoms with van der Waals surface area (Å²) in [7, 11) is 0. The number of benzene rings is 1. The summed E-state index contributed by atoms with van der Waals surface area (Å²) in [5, 5.41) is 26.6. The molecule has 18 heteroatoms. The zero-order valence-corrected chi connectivity index (χ0v) is 23.3. The first kappa shape index (κ1) is 31.3. The summed E-state index contributed by atoms with van der Waals surface area (Å²) in [4.78, 5) is 52.3. The highest BCUT2D eigenvalue weighted by molar-refractivity contribution is 8.13. The van der Waals surface area contributed by atoms with Gasteiger partial charge in [0.2, 0.25) is 5.91 Å². The van der Waals surface area contributed by atoms with Gasteiger partial charge in [0.05, 0.1) is 21.8 Å². The van der Waals surface area contributed by atoms with Crippen molar-refractivity contribution in [2.45, 2.75) is 34.0 Å². The molecule has 1 aromatic carbocycles. The zero-order valence-electron chi connectivity index (χ0n) is 20.0. The molecule has 11 nitrogen and oxygen atoms in total. The normalized spacial score (nSPS) is 18.2. The number of carbonyl (C=O) groups is 4. The van der Waals surface area contributed by atoms with Gasteiger partial charge in [0.15, 0.2) is 5.17 Å². The Morgan fingerprint density at radius 1 is 1.23 bits per heavy atom. The van der Waals surface area contributed by atoms with Gasteiger partial charge < -0.3 is 21.3 Å². The van der Waals surface area contributed by atoms with Gasteiger partial charge in [0.1, 0.15) is 17.1 Å². The minimum atomic E-state index is -5.08. The first-order valence-electron chi connectivity index (χ1n) is 10.9. The number of carboxylic acids is 2. The average Bonchev–Trinajstić information content (AvgIpc) is 3.32. The van der Waals surface area contributed by atoms with E-state index in [1.165, 1.54) is 39.8 Å². The number of fused-ring (bicyclic) bond motifs is 1. The fraction of sp³-hybridized carbons (Fsp3) is 0.273. The Labute approximate surface area is 241 Å². The van der Waals surface area contributed by atoms with Crippen molar-refractivity contribution >= 4 is 75.5 Å². The number of thiazole rings is 1. The lowest BCUT2D eigenvalue weighted by molar-refractivity contribution is -0.192. The van der Waals surface area contributed by atoms with Gasteiger partial charge >= 0.3 is 18.1 Å². The Morgan fingerprint density at radius 3 is 2.45 bits per heavy atom. The molecule has 40 heavy (non-hydrogen) atoms. The number of aliphatic carboxylic acids is 2. The summed E-state index contributed by atoms with van der Waals surface area (Å²) in [5.74, 6) is -3.85. The minimum absolute atomic E-state index is 0.0213. The third-order valence-corrected chi connectivity index (χ3v) is 9.48. The molecule has 2 atom stereocenters. The maximum atomic E-state index is 12.8. The van der Waals surface area contributed by atoms with E-state index in [0.717, 1.165) is 27.2 Å². The fourth-order valence-electron chi connectivity index (χ4n) is 3.37. The highest BCUT2D eigenvalue weighted by Crippen LogP contribution is 2.46. The number of amides is 2. The lowest BCUT2D eigenvalue weighted by Crippen LogP contribution is -2.70. The van der Waals surface area contributed by atoms with Gasteiger partial charge in [-0.05, 0) is 5.56 Å². The maximum Gasteiger partial charge on any atom is 0.490 e. The summed E-state index contributed by atoms with van der Waals surface area (Å²) >= 11 is 5.20. The van der Waals surface area contributed by atoms with Gasteiger partial charge in [0.25, 0.3) is 5.91 Å². The number of hydrogen-bond acceptors (Lipinski definition) is 10. The topological polar surface area (TPSA) is 187 Å². The van der Waals surface area contributed by atoms with Crippen LogP contribution in [0.5, 0.6) is 0 Å². The van der Waals surface area contributed by atoms with Crippen molar-refractivity contribution in [1.29, 1.82) is 5.41 Å². The van der Waals surface area contributed by atoms with E-state index < -0.39 is 35.4 Å². The summed E-state index contributed by atoms with van der Waals surface area (Å²) in [6.45, 7) is 0. The van der Waals surface area contributed by atoms with Crippen molar-refractivity contribution in [2.24, 2.45) is 5.73 Å². The molecule has 0 saturated carbocycles. The second-order valence-corrected chi connectivity index (χ2v) is 12.2. The SMILES string of the molecule is N=C(N)SCc1ncsc1SC1=C(C(=O)O)N2C(=O)[C@@H](NC(=O)Cc3ccccc3)[C@H]2SC1.O=C(O)C(F)(F)F. The smallest absolute Gasteiger partial charge is 0.477 e. The lowest BCUT2D eigenvalue weighted by atomic mass is 10.0. The molecule has 0 spiro atoms. The number of nitrogens with zero attached hydrogens (tertiary/aromatic N) is 2. The van der Waals surface area contributed by atoms with Crippen molar-refractivity contribution < 1.29 is 42.6 Å². The predicted octanol–water partition coefficient (Wildman–Crippen LogP) is 2.93. The molecule has 6 N–H and O–H groups in total. The first-order chi connectivity index (χ1) is 18.8. The maximum absolute atomic E-state index is 12.8. The molecule has 2 aliphatic rings. The minimum Gasteiger partial charge on any atom is -0.477 e. The molecule has 2 aromatic rings. The Bertz CT molecular complexity index is 1340. The number of thioether (sulfide) groups is 3. The van der Waals surface area contributed by atoms with Crippen LogP contribution in [0, 0.1) is 5.41 Å². The van der Waals surface area contributed by atoms with Crippen molar-refractivity contribution in [3.8, 4) is 0 Å². The van der Waals surface area contributed by atoms with Gasteiger partial charge in [-0.15, -0.1) is 23.1 Å². The molecule has 0 bridgehead atoms. The molecule has 2 amide bonds. The Morgan fingerprint density at radius 2 is 1.88 bits per heavy atom. The summed E-state index contributed by atoms with van der Waals surface area (Å²) in [6.07, 6.45) is -4.93. The molecule has 1 saturated heterocycles. The van der Waals surface area contributed by atoms with E-state index in [-0.39, 0.29) is 23.2 Å². The summed E-state index contributed by atoms with van der Waals surface area (Å²) in [6, 6.07) is 8.46. The highest BCUT2D eigenvalue weighted by atomic mass is 32.2. The van der Waals surface area contributed by atoms with Crippen LogP contribution in [0.1, 0.15) is 11.3 Å². The number of rotatable bonds is 8. The van der Waals surface area contributed by atoms with E-state index in [0.29, 0.717) is 16.4 Å². The Kier molecular flexibility index (Phi) is 10.5.